The summed E-state index contributed by atoms with van der Waals surface area (Å²) in [4.78, 5) is 38.1. The van der Waals surface area contributed by atoms with Crippen molar-refractivity contribution in [1.82, 2.24) is 20.2 Å². The van der Waals surface area contributed by atoms with Crippen molar-refractivity contribution >= 4 is 28.0 Å². The van der Waals surface area contributed by atoms with Gasteiger partial charge in [-0.05, 0) is 101 Å². The second kappa shape index (κ2) is 14.3. The van der Waals surface area contributed by atoms with E-state index >= 15 is 0 Å². The summed E-state index contributed by atoms with van der Waals surface area (Å²) < 4.78 is 41.9. The van der Waals surface area contributed by atoms with Gasteiger partial charge in [-0.2, -0.15) is 4.98 Å². The van der Waals surface area contributed by atoms with Crippen LogP contribution in [-0.4, -0.2) is 66.1 Å². The molecule has 2 aliphatic rings. The molecule has 4 bridgehead atoms. The number of anilines is 1. The molecule has 49 heavy (non-hydrogen) atoms. The van der Waals surface area contributed by atoms with Crippen molar-refractivity contribution in [1.29, 1.82) is 0 Å². The Morgan fingerprint density at radius 2 is 1.69 bits per heavy atom. The number of hydrogen-bond donors (Lipinski definition) is 2. The summed E-state index contributed by atoms with van der Waals surface area (Å²) in [5.41, 5.74) is 4.18. The summed E-state index contributed by atoms with van der Waals surface area (Å²) in [7, 11) is -4.18. The van der Waals surface area contributed by atoms with Crippen LogP contribution in [0.3, 0.4) is 0 Å². The summed E-state index contributed by atoms with van der Waals surface area (Å²) in [6.45, 7) is 16.0. The lowest BCUT2D eigenvalue weighted by Gasteiger charge is -2.43. The maximum absolute atomic E-state index is 14.6. The van der Waals surface area contributed by atoms with Crippen LogP contribution in [-0.2, 0) is 14.8 Å². The number of alkyl carbamates (subject to hydrolysis) is 1. The Kier molecular flexibility index (Phi) is 10.6. The molecule has 2 N–H and O–H groups in total. The van der Waals surface area contributed by atoms with E-state index in [0.29, 0.717) is 43.4 Å². The van der Waals surface area contributed by atoms with E-state index < -0.39 is 16.1 Å². The minimum absolute atomic E-state index is 0.0678. The summed E-state index contributed by atoms with van der Waals surface area (Å²) in [6.07, 6.45) is 2.57. The zero-order valence-corrected chi connectivity index (χ0v) is 30.6. The van der Waals surface area contributed by atoms with Crippen LogP contribution in [0.25, 0.3) is 11.3 Å². The number of aryl methyl sites for hydroxylation is 2. The van der Waals surface area contributed by atoms with Crippen LogP contribution in [0.2, 0.25) is 0 Å². The molecule has 2 aromatic carbocycles. The van der Waals surface area contributed by atoms with Crippen molar-refractivity contribution < 1.29 is 27.5 Å². The number of amides is 2. The quantitative estimate of drug-likeness (QED) is 0.293. The van der Waals surface area contributed by atoms with Gasteiger partial charge in [0.1, 0.15) is 6.61 Å². The van der Waals surface area contributed by atoms with Crippen LogP contribution < -0.4 is 14.8 Å². The highest BCUT2D eigenvalue weighted by Crippen LogP contribution is 2.36. The molecule has 3 aromatic rings. The molecular formula is C37H49N5O6S. The van der Waals surface area contributed by atoms with Crippen molar-refractivity contribution in [2.45, 2.75) is 117 Å². The average molecular weight is 692 g/mol. The third kappa shape index (κ3) is 8.52. The van der Waals surface area contributed by atoms with E-state index in [0.717, 1.165) is 16.7 Å². The molecule has 11 nitrogen and oxygen atoms in total. The average Bonchev–Trinajstić information content (AvgIpc) is 3.01. The van der Waals surface area contributed by atoms with E-state index in [1.165, 1.54) is 12.1 Å². The number of carbonyl (C=O) groups is 2. The van der Waals surface area contributed by atoms with Crippen LogP contribution >= 0.6 is 0 Å². The van der Waals surface area contributed by atoms with Gasteiger partial charge in [-0.1, -0.05) is 45.0 Å². The van der Waals surface area contributed by atoms with Gasteiger partial charge in [-0.25, -0.2) is 22.9 Å². The Morgan fingerprint density at radius 1 is 1.04 bits per heavy atom. The molecule has 0 radical (unpaired) electrons. The molecule has 1 aliphatic carbocycles. The first-order valence-electron chi connectivity index (χ1n) is 17.0. The van der Waals surface area contributed by atoms with Crippen molar-refractivity contribution in [3.05, 3.63) is 64.7 Å². The number of aromatic nitrogens is 2. The minimum Gasteiger partial charge on any atom is -0.475 e. The van der Waals surface area contributed by atoms with E-state index in [-0.39, 0.29) is 64.4 Å². The van der Waals surface area contributed by atoms with E-state index in [4.69, 9.17) is 14.5 Å². The van der Waals surface area contributed by atoms with E-state index in [9.17, 15) is 18.0 Å². The number of hydrogen-bond acceptors (Lipinski definition) is 8. The smallest absolute Gasteiger partial charge is 0.407 e. The molecule has 0 unspecified atom stereocenters. The zero-order chi connectivity index (χ0) is 35.7. The van der Waals surface area contributed by atoms with Gasteiger partial charge in [0.15, 0.2) is 0 Å². The van der Waals surface area contributed by atoms with Crippen LogP contribution in [0.1, 0.15) is 93.8 Å². The first-order chi connectivity index (χ1) is 23.0. The molecule has 1 fully saturated rings. The monoisotopic (exact) mass is 691 g/mol. The maximum atomic E-state index is 14.6. The second-order valence-corrected chi connectivity index (χ2v) is 16.5. The fourth-order valence-electron chi connectivity index (χ4n) is 6.90. The van der Waals surface area contributed by atoms with Crippen LogP contribution in [0.15, 0.2) is 47.4 Å². The first kappa shape index (κ1) is 36.1. The third-order valence-corrected chi connectivity index (χ3v) is 10.4. The number of benzene rings is 2. The Morgan fingerprint density at radius 3 is 2.33 bits per heavy atom. The lowest BCUT2D eigenvalue weighted by molar-refractivity contribution is 0.0302. The Balaban J connectivity index is 1.60. The fraction of sp³-hybridized carbons (Fsp3) is 0.514. The summed E-state index contributed by atoms with van der Waals surface area (Å²) >= 11 is 0. The fourth-order valence-corrected chi connectivity index (χ4v) is 7.89. The van der Waals surface area contributed by atoms with Crippen molar-refractivity contribution in [3.63, 3.8) is 0 Å². The molecule has 12 heteroatoms. The molecule has 5 rings (SSSR count). The van der Waals surface area contributed by atoms with Gasteiger partial charge in [-0.3, -0.25) is 4.79 Å². The van der Waals surface area contributed by atoms with Gasteiger partial charge >= 0.3 is 6.09 Å². The van der Waals surface area contributed by atoms with Crippen LogP contribution in [0.5, 0.6) is 5.88 Å². The Labute approximate surface area is 290 Å². The lowest BCUT2D eigenvalue weighted by Crippen LogP contribution is -2.53. The van der Waals surface area contributed by atoms with Crippen LogP contribution in [0.4, 0.5) is 10.7 Å². The topological polar surface area (TPSA) is 140 Å². The summed E-state index contributed by atoms with van der Waals surface area (Å²) in [6, 6.07) is 11.4. The van der Waals surface area contributed by atoms with Gasteiger partial charge in [0.25, 0.3) is 15.9 Å². The number of carbonyl (C=O) groups excluding carboxylic acids is 2. The number of fused-ring (bicyclic) bond motifs is 4. The molecule has 264 valence electrons. The Hall–Kier alpha value is -4.19. The number of ether oxygens (including phenoxy) is 2. The highest BCUT2D eigenvalue weighted by molar-refractivity contribution is 7.92. The van der Waals surface area contributed by atoms with Gasteiger partial charge in [0, 0.05) is 28.8 Å². The number of nitrogens with zero attached hydrogens (tertiary/aromatic N) is 3. The molecule has 2 amide bonds. The standard InChI is InChI=1S/C37H49N5O6S/c1-22(2)48-36(44)38-27-15-17-28(18-16-27)42-29(20-37(6,7)8)21-47-33-25(5)32(31-23(3)11-9-12-24(31)4)39-35(40-33)41-49(45,46)30-14-10-13-26(19-30)34(42)43/h9-14,19,22,27-29H,15-18,20-21H2,1-8H3,(H,38,44)(H,39,40,41)/t27?,28?,29-/m1/s1. The molecule has 0 spiro atoms. The Bertz CT molecular complexity index is 1790. The largest absolute Gasteiger partial charge is 0.475 e. The highest BCUT2D eigenvalue weighted by Gasteiger charge is 2.38. The van der Waals surface area contributed by atoms with Gasteiger partial charge < -0.3 is 19.7 Å². The van der Waals surface area contributed by atoms with E-state index in [2.05, 4.69) is 35.8 Å². The molecule has 1 saturated carbocycles. The van der Waals surface area contributed by atoms with Crippen LogP contribution in [0, 0.1) is 26.2 Å². The number of nitrogens with one attached hydrogen (secondary N) is 2. The maximum Gasteiger partial charge on any atom is 0.407 e. The molecular weight excluding hydrogens is 643 g/mol. The normalized spacial score (nSPS) is 21.0. The van der Waals surface area contributed by atoms with E-state index in [1.54, 1.807) is 12.1 Å². The first-order valence-corrected chi connectivity index (χ1v) is 18.5. The SMILES string of the molecule is Cc1cccc(C)c1-c1nc2nc(c1C)OC[C@@H](CC(C)(C)C)N(C1CCC(NC(=O)OC(C)C)CC1)C(=O)c1cccc(c1)S(=O)(=O)N2. The third-order valence-electron chi connectivity index (χ3n) is 9.08. The minimum atomic E-state index is -4.18. The highest BCUT2D eigenvalue weighted by atomic mass is 32.2. The van der Waals surface area contributed by atoms with Crippen molar-refractivity contribution in [3.8, 4) is 17.1 Å². The molecule has 1 aromatic heterocycles. The number of sulfonamides is 1. The summed E-state index contributed by atoms with van der Waals surface area (Å²) in [5.74, 6) is -0.130. The molecule has 1 aliphatic heterocycles. The molecule has 2 heterocycles. The molecule has 1 atom stereocenters. The van der Waals surface area contributed by atoms with Gasteiger partial charge in [-0.15, -0.1) is 0 Å². The van der Waals surface area contributed by atoms with Crippen molar-refractivity contribution in [2.24, 2.45) is 5.41 Å². The predicted molar refractivity (Wildman–Crippen MR) is 189 cm³/mol. The zero-order valence-electron chi connectivity index (χ0n) is 29.8. The van der Waals surface area contributed by atoms with Gasteiger partial charge in [0.2, 0.25) is 11.8 Å². The predicted octanol–water partition coefficient (Wildman–Crippen LogP) is 6.95. The summed E-state index contributed by atoms with van der Waals surface area (Å²) in [5, 5.41) is 2.97. The van der Waals surface area contributed by atoms with Crippen molar-refractivity contribution in [2.75, 3.05) is 11.3 Å². The van der Waals surface area contributed by atoms with E-state index in [1.807, 2.05) is 57.7 Å². The lowest BCUT2D eigenvalue weighted by atomic mass is 9.84. The molecule has 0 saturated heterocycles. The van der Waals surface area contributed by atoms with Gasteiger partial charge in [0.05, 0.1) is 22.7 Å². The second-order valence-electron chi connectivity index (χ2n) is 14.8. The number of rotatable bonds is 5.